The Hall–Kier alpha value is -1.55. The molecule has 1 aliphatic rings. The van der Waals surface area contributed by atoms with E-state index in [1.807, 2.05) is 12.1 Å². The van der Waals surface area contributed by atoms with Crippen molar-refractivity contribution in [2.24, 2.45) is 0 Å². The van der Waals surface area contributed by atoms with Gasteiger partial charge in [-0.2, -0.15) is 0 Å². The molecule has 0 aromatic heterocycles. The first kappa shape index (κ1) is 11.9. The lowest BCUT2D eigenvalue weighted by atomic mass is 10.1. The Morgan fingerprint density at radius 1 is 1.53 bits per heavy atom. The van der Waals surface area contributed by atoms with Gasteiger partial charge in [0.05, 0.1) is 19.7 Å². The smallest absolute Gasteiger partial charge is 0.234 e. The molecule has 0 saturated carbocycles. The van der Waals surface area contributed by atoms with Crippen molar-refractivity contribution in [3.63, 3.8) is 0 Å². The van der Waals surface area contributed by atoms with Crippen molar-refractivity contribution >= 4 is 5.91 Å². The molecule has 0 aliphatic heterocycles. The Kier molecular flexibility index (Phi) is 3.64. The van der Waals surface area contributed by atoms with Gasteiger partial charge in [0.2, 0.25) is 5.91 Å². The molecule has 4 nitrogen and oxygen atoms in total. The largest absolute Gasteiger partial charge is 0.496 e. The number of fused-ring (bicyclic) bond motifs is 1. The molecule has 0 radical (unpaired) electrons. The van der Waals surface area contributed by atoms with E-state index in [0.717, 1.165) is 18.6 Å². The van der Waals surface area contributed by atoms with Gasteiger partial charge >= 0.3 is 0 Å². The lowest BCUT2D eigenvalue weighted by Gasteiger charge is -2.14. The first-order chi connectivity index (χ1) is 8.26. The molecule has 1 aliphatic carbocycles. The first-order valence-corrected chi connectivity index (χ1v) is 5.86. The Morgan fingerprint density at radius 2 is 2.35 bits per heavy atom. The minimum absolute atomic E-state index is 0.0353. The fourth-order valence-corrected chi connectivity index (χ4v) is 2.37. The highest BCUT2D eigenvalue weighted by molar-refractivity contribution is 5.78. The van der Waals surface area contributed by atoms with E-state index in [1.165, 1.54) is 11.1 Å². The molecule has 92 valence electrons. The van der Waals surface area contributed by atoms with Crippen molar-refractivity contribution in [1.82, 2.24) is 10.6 Å². The third kappa shape index (κ3) is 2.42. The number of amides is 1. The van der Waals surface area contributed by atoms with Crippen molar-refractivity contribution in [3.8, 4) is 5.75 Å². The Labute approximate surface area is 101 Å². The van der Waals surface area contributed by atoms with Gasteiger partial charge in [0.15, 0.2) is 0 Å². The summed E-state index contributed by atoms with van der Waals surface area (Å²) in [7, 11) is 3.45. The molecule has 1 amide bonds. The van der Waals surface area contributed by atoms with Gasteiger partial charge in [0, 0.05) is 0 Å². The van der Waals surface area contributed by atoms with Crippen LogP contribution in [0.5, 0.6) is 5.75 Å². The molecule has 2 rings (SSSR count). The summed E-state index contributed by atoms with van der Waals surface area (Å²) in [6.45, 7) is 0.357. The van der Waals surface area contributed by atoms with Gasteiger partial charge in [-0.25, -0.2) is 0 Å². The van der Waals surface area contributed by atoms with Crippen LogP contribution in [-0.4, -0.2) is 26.6 Å². The summed E-state index contributed by atoms with van der Waals surface area (Å²) in [4.78, 5) is 11.6. The lowest BCUT2D eigenvalue weighted by molar-refractivity contribution is -0.120. The average molecular weight is 234 g/mol. The number of hydrogen-bond acceptors (Lipinski definition) is 3. The zero-order valence-corrected chi connectivity index (χ0v) is 10.2. The van der Waals surface area contributed by atoms with Crippen LogP contribution in [0.3, 0.4) is 0 Å². The molecule has 1 aromatic carbocycles. The highest BCUT2D eigenvalue weighted by atomic mass is 16.5. The van der Waals surface area contributed by atoms with Crippen LogP contribution in [-0.2, 0) is 11.2 Å². The van der Waals surface area contributed by atoms with Gasteiger partial charge in [0.1, 0.15) is 5.75 Å². The molecule has 0 bridgehead atoms. The van der Waals surface area contributed by atoms with Gasteiger partial charge in [-0.05, 0) is 37.1 Å². The van der Waals surface area contributed by atoms with Gasteiger partial charge in [-0.15, -0.1) is 0 Å². The second-order valence-electron chi connectivity index (χ2n) is 4.22. The number of methoxy groups -OCH3 is 1. The molecule has 4 heteroatoms. The van der Waals surface area contributed by atoms with E-state index >= 15 is 0 Å². The highest BCUT2D eigenvalue weighted by Crippen LogP contribution is 2.36. The molecule has 1 atom stereocenters. The summed E-state index contributed by atoms with van der Waals surface area (Å²) >= 11 is 0. The van der Waals surface area contributed by atoms with Crippen LogP contribution in [0.1, 0.15) is 23.6 Å². The predicted octanol–water partition coefficient (Wildman–Crippen LogP) is 1.02. The maximum atomic E-state index is 11.6. The molecular weight excluding hydrogens is 216 g/mol. The zero-order chi connectivity index (χ0) is 12.3. The molecule has 0 fully saturated rings. The average Bonchev–Trinajstić information content (AvgIpc) is 2.73. The third-order valence-corrected chi connectivity index (χ3v) is 3.12. The second-order valence-corrected chi connectivity index (χ2v) is 4.22. The van der Waals surface area contributed by atoms with Crippen LogP contribution < -0.4 is 15.4 Å². The molecule has 0 heterocycles. The summed E-state index contributed by atoms with van der Waals surface area (Å²) in [6.07, 6.45) is 1.91. The topological polar surface area (TPSA) is 50.4 Å². The van der Waals surface area contributed by atoms with Crippen molar-refractivity contribution < 1.29 is 9.53 Å². The van der Waals surface area contributed by atoms with Crippen molar-refractivity contribution in [3.05, 3.63) is 29.3 Å². The molecule has 2 N–H and O–H groups in total. The molecule has 1 unspecified atom stereocenters. The molecule has 0 saturated heterocycles. The summed E-state index contributed by atoms with van der Waals surface area (Å²) < 4.78 is 5.33. The van der Waals surface area contributed by atoms with Crippen LogP contribution in [0.2, 0.25) is 0 Å². The summed E-state index contributed by atoms with van der Waals surface area (Å²) in [5.41, 5.74) is 2.42. The molecular formula is C13H18N2O2. The zero-order valence-electron chi connectivity index (χ0n) is 10.2. The lowest BCUT2D eigenvalue weighted by Crippen LogP contribution is -2.34. The van der Waals surface area contributed by atoms with Crippen LogP contribution in [0.15, 0.2) is 18.2 Å². The highest BCUT2D eigenvalue weighted by Gasteiger charge is 2.25. The summed E-state index contributed by atoms with van der Waals surface area (Å²) in [6, 6.07) is 6.13. The summed E-state index contributed by atoms with van der Waals surface area (Å²) in [5, 5.41) is 5.88. The van der Waals surface area contributed by atoms with E-state index in [9.17, 15) is 4.79 Å². The Bertz CT molecular complexity index is 418. The molecule has 1 aromatic rings. The van der Waals surface area contributed by atoms with E-state index in [2.05, 4.69) is 16.7 Å². The number of rotatable bonds is 4. The molecule has 0 spiro atoms. The number of ether oxygens (including phenoxy) is 1. The number of nitrogens with one attached hydrogen (secondary N) is 2. The number of benzene rings is 1. The monoisotopic (exact) mass is 234 g/mol. The standard InChI is InChI=1S/C13H18N2O2/c1-14-8-13(16)15-11-7-6-10-9(11)4-3-5-12(10)17-2/h3-5,11,14H,6-8H2,1-2H3,(H,15,16). The SMILES string of the molecule is CNCC(=O)NC1CCc2c(OC)cccc21. The number of hydrogen-bond donors (Lipinski definition) is 2. The normalized spacial score (nSPS) is 17.6. The predicted molar refractivity (Wildman–Crippen MR) is 66.1 cm³/mol. The van der Waals surface area contributed by atoms with Crippen LogP contribution in [0, 0.1) is 0 Å². The van der Waals surface area contributed by atoms with Crippen LogP contribution in [0.25, 0.3) is 0 Å². The third-order valence-electron chi connectivity index (χ3n) is 3.12. The van der Waals surface area contributed by atoms with E-state index in [-0.39, 0.29) is 11.9 Å². The van der Waals surface area contributed by atoms with Gasteiger partial charge in [-0.3, -0.25) is 4.79 Å². The van der Waals surface area contributed by atoms with Crippen LogP contribution in [0.4, 0.5) is 0 Å². The van der Waals surface area contributed by atoms with Crippen molar-refractivity contribution in [2.75, 3.05) is 20.7 Å². The van der Waals surface area contributed by atoms with E-state index in [0.29, 0.717) is 6.54 Å². The minimum atomic E-state index is 0.0353. The maximum absolute atomic E-state index is 11.6. The number of carbonyl (C=O) groups is 1. The van der Waals surface area contributed by atoms with E-state index in [1.54, 1.807) is 14.2 Å². The van der Waals surface area contributed by atoms with Crippen molar-refractivity contribution in [1.29, 1.82) is 0 Å². The van der Waals surface area contributed by atoms with E-state index in [4.69, 9.17) is 4.74 Å². The quantitative estimate of drug-likeness (QED) is 0.817. The summed E-state index contributed by atoms with van der Waals surface area (Å²) in [5.74, 6) is 0.959. The fourth-order valence-electron chi connectivity index (χ4n) is 2.37. The number of carbonyl (C=O) groups excluding carboxylic acids is 1. The number of likely N-dealkylation sites (N-methyl/N-ethyl adjacent to an activating group) is 1. The van der Waals surface area contributed by atoms with Crippen LogP contribution >= 0.6 is 0 Å². The first-order valence-electron chi connectivity index (χ1n) is 5.86. The second kappa shape index (κ2) is 5.19. The molecule has 17 heavy (non-hydrogen) atoms. The minimum Gasteiger partial charge on any atom is -0.496 e. The van der Waals surface area contributed by atoms with E-state index < -0.39 is 0 Å². The van der Waals surface area contributed by atoms with Gasteiger partial charge < -0.3 is 15.4 Å². The van der Waals surface area contributed by atoms with Crippen molar-refractivity contribution in [2.45, 2.75) is 18.9 Å². The van der Waals surface area contributed by atoms with Gasteiger partial charge in [0.25, 0.3) is 0 Å². The fraction of sp³-hybridized carbons (Fsp3) is 0.462. The Morgan fingerprint density at radius 3 is 3.06 bits per heavy atom. The Balaban J connectivity index is 2.14. The van der Waals surface area contributed by atoms with Gasteiger partial charge in [-0.1, -0.05) is 12.1 Å². The maximum Gasteiger partial charge on any atom is 0.234 e.